The van der Waals surface area contributed by atoms with E-state index in [2.05, 4.69) is 10.6 Å². The fourth-order valence-electron chi connectivity index (χ4n) is 2.50. The van der Waals surface area contributed by atoms with Gasteiger partial charge in [-0.2, -0.15) is 0 Å². The van der Waals surface area contributed by atoms with Crippen LogP contribution in [0, 0.1) is 6.92 Å². The fraction of sp³-hybridized carbons (Fsp3) is 0.400. The second-order valence-electron chi connectivity index (χ2n) is 5.05. The Kier molecular flexibility index (Phi) is 4.29. The summed E-state index contributed by atoms with van der Waals surface area (Å²) in [5.41, 5.74) is 2.51. The van der Waals surface area contributed by atoms with Gasteiger partial charge in [-0.1, -0.05) is 18.2 Å². The molecular formula is C15H18N2O3. The monoisotopic (exact) mass is 274 g/mol. The summed E-state index contributed by atoms with van der Waals surface area (Å²) in [5, 5.41) is 5.42. The highest BCUT2D eigenvalue weighted by molar-refractivity contribution is 6.00. The Labute approximate surface area is 117 Å². The van der Waals surface area contributed by atoms with Crippen molar-refractivity contribution >= 4 is 17.6 Å². The summed E-state index contributed by atoms with van der Waals surface area (Å²) in [4.78, 5) is 34.4. The topological polar surface area (TPSA) is 75.3 Å². The Morgan fingerprint density at radius 3 is 2.80 bits per heavy atom. The van der Waals surface area contributed by atoms with Crippen LogP contribution < -0.4 is 10.6 Å². The second-order valence-corrected chi connectivity index (χ2v) is 5.05. The van der Waals surface area contributed by atoms with E-state index in [1.54, 1.807) is 0 Å². The molecule has 1 aromatic rings. The van der Waals surface area contributed by atoms with E-state index in [4.69, 9.17) is 0 Å². The van der Waals surface area contributed by atoms with Gasteiger partial charge in [-0.3, -0.25) is 19.7 Å². The first-order chi connectivity index (χ1) is 9.49. The van der Waals surface area contributed by atoms with Crippen LogP contribution >= 0.6 is 0 Å². The number of imide groups is 1. The summed E-state index contributed by atoms with van der Waals surface area (Å²) < 4.78 is 0. The summed E-state index contributed by atoms with van der Waals surface area (Å²) in [6, 6.07) is 5.28. The average molecular weight is 274 g/mol. The predicted molar refractivity (Wildman–Crippen MR) is 74.2 cm³/mol. The minimum absolute atomic E-state index is 0.0168. The third-order valence-corrected chi connectivity index (χ3v) is 3.49. The largest absolute Gasteiger partial charge is 0.302 e. The SMILES string of the molecule is CC(=O)c1c(C)cccc1CNC1CCC(=O)NC1=O. The molecule has 0 aromatic heterocycles. The lowest BCUT2D eigenvalue weighted by Gasteiger charge is -2.22. The van der Waals surface area contributed by atoms with E-state index in [-0.39, 0.29) is 23.6 Å². The summed E-state index contributed by atoms with van der Waals surface area (Å²) in [6.45, 7) is 3.87. The second kappa shape index (κ2) is 5.96. The summed E-state index contributed by atoms with van der Waals surface area (Å²) in [7, 11) is 0. The smallest absolute Gasteiger partial charge is 0.243 e. The Bertz CT molecular complexity index is 566. The normalized spacial score (nSPS) is 18.8. The Balaban J connectivity index is 2.08. The molecule has 1 aliphatic heterocycles. The van der Waals surface area contributed by atoms with Gasteiger partial charge in [-0.05, 0) is 31.4 Å². The number of amides is 2. The first-order valence-electron chi connectivity index (χ1n) is 6.65. The van der Waals surface area contributed by atoms with Crippen LogP contribution in [0.5, 0.6) is 0 Å². The lowest BCUT2D eigenvalue weighted by atomic mass is 9.98. The molecule has 0 aliphatic carbocycles. The van der Waals surface area contributed by atoms with Gasteiger partial charge in [0.15, 0.2) is 5.78 Å². The zero-order chi connectivity index (χ0) is 14.7. The lowest BCUT2D eigenvalue weighted by molar-refractivity contribution is -0.134. The number of piperidine rings is 1. The third kappa shape index (κ3) is 3.11. The molecule has 20 heavy (non-hydrogen) atoms. The molecule has 1 aromatic carbocycles. The van der Waals surface area contributed by atoms with Crippen LogP contribution in [0.4, 0.5) is 0 Å². The molecule has 0 spiro atoms. The van der Waals surface area contributed by atoms with Crippen molar-refractivity contribution in [2.75, 3.05) is 0 Å². The van der Waals surface area contributed by atoms with Crippen LogP contribution in [0.3, 0.4) is 0 Å². The number of hydrogen-bond acceptors (Lipinski definition) is 4. The third-order valence-electron chi connectivity index (χ3n) is 3.49. The van der Waals surface area contributed by atoms with Crippen molar-refractivity contribution in [3.8, 4) is 0 Å². The van der Waals surface area contributed by atoms with E-state index in [0.29, 0.717) is 24.9 Å². The standard InChI is InChI=1S/C15H18N2O3/c1-9-4-3-5-11(14(9)10(2)18)8-16-12-6-7-13(19)17-15(12)20/h3-5,12,16H,6-8H2,1-2H3,(H,17,19,20). The molecule has 1 atom stereocenters. The van der Waals surface area contributed by atoms with Gasteiger partial charge in [-0.15, -0.1) is 0 Å². The number of hydrogen-bond donors (Lipinski definition) is 2. The van der Waals surface area contributed by atoms with Crippen LogP contribution in [0.25, 0.3) is 0 Å². The molecule has 2 amide bonds. The Morgan fingerprint density at radius 2 is 2.15 bits per heavy atom. The fourth-order valence-corrected chi connectivity index (χ4v) is 2.50. The summed E-state index contributed by atoms with van der Waals surface area (Å²) in [5.74, 6) is -0.505. The van der Waals surface area contributed by atoms with Gasteiger partial charge in [-0.25, -0.2) is 0 Å². The first-order valence-corrected chi connectivity index (χ1v) is 6.65. The molecule has 0 radical (unpaired) electrons. The highest BCUT2D eigenvalue weighted by atomic mass is 16.2. The van der Waals surface area contributed by atoms with E-state index >= 15 is 0 Å². The van der Waals surface area contributed by atoms with Crippen molar-refractivity contribution in [3.05, 3.63) is 34.9 Å². The molecule has 1 fully saturated rings. The van der Waals surface area contributed by atoms with Gasteiger partial charge in [0.05, 0.1) is 6.04 Å². The number of benzene rings is 1. The van der Waals surface area contributed by atoms with E-state index in [9.17, 15) is 14.4 Å². The molecule has 0 saturated carbocycles. The number of Topliss-reactive ketones (excluding diaryl/α,β-unsaturated/α-hetero) is 1. The summed E-state index contributed by atoms with van der Waals surface area (Å²) in [6.07, 6.45) is 0.836. The quantitative estimate of drug-likeness (QED) is 0.636. The van der Waals surface area contributed by atoms with Crippen LogP contribution in [0.15, 0.2) is 18.2 Å². The number of nitrogens with one attached hydrogen (secondary N) is 2. The molecular weight excluding hydrogens is 256 g/mol. The van der Waals surface area contributed by atoms with Gasteiger partial charge in [0, 0.05) is 18.5 Å². The number of carbonyl (C=O) groups is 3. The number of aryl methyl sites for hydroxylation is 1. The maximum Gasteiger partial charge on any atom is 0.243 e. The summed E-state index contributed by atoms with van der Waals surface area (Å²) >= 11 is 0. The van der Waals surface area contributed by atoms with Crippen molar-refractivity contribution < 1.29 is 14.4 Å². The van der Waals surface area contributed by atoms with E-state index in [1.165, 1.54) is 6.92 Å². The van der Waals surface area contributed by atoms with Gasteiger partial charge < -0.3 is 5.32 Å². The highest BCUT2D eigenvalue weighted by Gasteiger charge is 2.26. The zero-order valence-corrected chi connectivity index (χ0v) is 11.7. The minimum atomic E-state index is -0.381. The molecule has 0 bridgehead atoms. The lowest BCUT2D eigenvalue weighted by Crippen LogP contribution is -2.50. The van der Waals surface area contributed by atoms with Crippen LogP contribution in [-0.4, -0.2) is 23.6 Å². The van der Waals surface area contributed by atoms with Gasteiger partial charge in [0.25, 0.3) is 0 Å². The zero-order valence-electron chi connectivity index (χ0n) is 11.7. The maximum absolute atomic E-state index is 11.7. The first kappa shape index (κ1) is 14.4. The number of carbonyl (C=O) groups excluding carboxylic acids is 3. The number of rotatable bonds is 4. The Hall–Kier alpha value is -2.01. The molecule has 2 N–H and O–H groups in total. The van der Waals surface area contributed by atoms with Crippen molar-refractivity contribution in [3.63, 3.8) is 0 Å². The van der Waals surface area contributed by atoms with E-state index in [0.717, 1.165) is 11.1 Å². The van der Waals surface area contributed by atoms with Gasteiger partial charge >= 0.3 is 0 Å². The van der Waals surface area contributed by atoms with Crippen molar-refractivity contribution in [2.24, 2.45) is 0 Å². The van der Waals surface area contributed by atoms with Gasteiger partial charge in [0.1, 0.15) is 0 Å². The van der Waals surface area contributed by atoms with E-state index < -0.39 is 0 Å². The molecule has 5 heteroatoms. The maximum atomic E-state index is 11.7. The predicted octanol–water partition coefficient (Wildman–Crippen LogP) is 1.09. The molecule has 2 rings (SSSR count). The average Bonchev–Trinajstić information content (AvgIpc) is 2.37. The Morgan fingerprint density at radius 1 is 1.40 bits per heavy atom. The minimum Gasteiger partial charge on any atom is -0.302 e. The van der Waals surface area contributed by atoms with Crippen LogP contribution in [-0.2, 0) is 16.1 Å². The van der Waals surface area contributed by atoms with Crippen molar-refractivity contribution in [2.45, 2.75) is 39.3 Å². The highest BCUT2D eigenvalue weighted by Crippen LogP contribution is 2.15. The number of ketones is 1. The molecule has 1 saturated heterocycles. The van der Waals surface area contributed by atoms with Crippen LogP contribution in [0.2, 0.25) is 0 Å². The van der Waals surface area contributed by atoms with Crippen molar-refractivity contribution in [1.82, 2.24) is 10.6 Å². The van der Waals surface area contributed by atoms with Gasteiger partial charge in [0.2, 0.25) is 11.8 Å². The molecule has 106 valence electrons. The molecule has 1 aliphatic rings. The molecule has 1 unspecified atom stereocenters. The van der Waals surface area contributed by atoms with Crippen LogP contribution in [0.1, 0.15) is 41.3 Å². The molecule has 1 heterocycles. The van der Waals surface area contributed by atoms with Crippen molar-refractivity contribution in [1.29, 1.82) is 0 Å². The molecule has 5 nitrogen and oxygen atoms in total. The van der Waals surface area contributed by atoms with E-state index in [1.807, 2.05) is 25.1 Å².